The molecule has 1 aromatic heterocycles. The zero-order valence-electron chi connectivity index (χ0n) is 9.92. The molecule has 0 spiro atoms. The monoisotopic (exact) mass is 227 g/mol. The summed E-state index contributed by atoms with van der Waals surface area (Å²) in [6, 6.07) is 3.84. The van der Waals surface area contributed by atoms with Crippen LogP contribution in [0.3, 0.4) is 0 Å². The lowest BCUT2D eigenvalue weighted by Crippen LogP contribution is -2.01. The molecule has 1 fully saturated rings. The molecule has 2 aromatic rings. The van der Waals surface area contributed by atoms with Crippen LogP contribution in [0.1, 0.15) is 42.6 Å². The molecule has 3 rings (SSSR count). The number of hydrogen-bond acceptors (Lipinski definition) is 2. The van der Waals surface area contributed by atoms with E-state index in [1.54, 1.807) is 0 Å². The minimum absolute atomic E-state index is 0.149. The van der Waals surface area contributed by atoms with E-state index in [4.69, 9.17) is 0 Å². The van der Waals surface area contributed by atoms with Gasteiger partial charge >= 0.3 is 0 Å². The van der Waals surface area contributed by atoms with E-state index in [1.807, 2.05) is 12.1 Å². The Labute approximate surface area is 100 Å². The molecule has 1 heterocycles. The minimum atomic E-state index is -0.149. The van der Waals surface area contributed by atoms with Crippen LogP contribution in [0.5, 0.6) is 0 Å². The Balaban J connectivity index is 2.27. The van der Waals surface area contributed by atoms with Crippen molar-refractivity contribution in [3.63, 3.8) is 0 Å². The highest BCUT2D eigenvalue weighted by molar-refractivity contribution is 5.89. The maximum Gasteiger partial charge on any atom is 0.110 e. The Morgan fingerprint density at radius 1 is 1.53 bits per heavy atom. The topological polar surface area (TPSA) is 51.7 Å². The summed E-state index contributed by atoms with van der Waals surface area (Å²) in [5, 5.41) is 11.5. The van der Waals surface area contributed by atoms with Crippen LogP contribution < -0.4 is 5.11 Å². The van der Waals surface area contributed by atoms with Crippen molar-refractivity contribution in [3.05, 3.63) is 35.7 Å². The maximum absolute atomic E-state index is 11.5. The standard InChI is InChI=1S/C14H16N2O/c1-3-9-6-7-11(8(2)17)13-12(9)15-14(16-13)10-4-5-10/h6-7,10,17H,2-5H2,1H3,(H,15,16)/p-1. The van der Waals surface area contributed by atoms with Gasteiger partial charge in [-0.25, -0.2) is 4.98 Å². The van der Waals surface area contributed by atoms with Gasteiger partial charge in [-0.15, -0.1) is 12.3 Å². The first-order valence-corrected chi connectivity index (χ1v) is 6.08. The van der Waals surface area contributed by atoms with Crippen molar-refractivity contribution in [2.24, 2.45) is 0 Å². The van der Waals surface area contributed by atoms with Crippen molar-refractivity contribution in [1.82, 2.24) is 9.97 Å². The van der Waals surface area contributed by atoms with Gasteiger partial charge in [0, 0.05) is 5.92 Å². The maximum atomic E-state index is 11.5. The zero-order valence-corrected chi connectivity index (χ0v) is 9.92. The van der Waals surface area contributed by atoms with Crippen molar-refractivity contribution in [3.8, 4) is 0 Å². The number of aromatic nitrogens is 2. The predicted octanol–water partition coefficient (Wildman–Crippen LogP) is 2.33. The lowest BCUT2D eigenvalue weighted by molar-refractivity contribution is -0.243. The van der Waals surface area contributed by atoms with Gasteiger partial charge in [-0.1, -0.05) is 19.1 Å². The van der Waals surface area contributed by atoms with Crippen molar-refractivity contribution in [1.29, 1.82) is 0 Å². The Morgan fingerprint density at radius 3 is 2.88 bits per heavy atom. The molecule has 17 heavy (non-hydrogen) atoms. The van der Waals surface area contributed by atoms with Crippen LogP contribution in [-0.4, -0.2) is 9.97 Å². The van der Waals surface area contributed by atoms with Crippen LogP contribution in [0.4, 0.5) is 0 Å². The number of nitrogens with zero attached hydrogens (tertiary/aromatic N) is 1. The van der Waals surface area contributed by atoms with E-state index in [0.29, 0.717) is 11.5 Å². The second-order valence-corrected chi connectivity index (χ2v) is 4.67. The highest BCUT2D eigenvalue weighted by Gasteiger charge is 2.27. The molecule has 0 radical (unpaired) electrons. The van der Waals surface area contributed by atoms with E-state index in [0.717, 1.165) is 23.3 Å². The summed E-state index contributed by atoms with van der Waals surface area (Å²) in [6.45, 7) is 5.60. The third kappa shape index (κ3) is 1.62. The summed E-state index contributed by atoms with van der Waals surface area (Å²) >= 11 is 0. The molecular weight excluding hydrogens is 212 g/mol. The molecule has 0 bridgehead atoms. The highest BCUT2D eigenvalue weighted by Crippen LogP contribution is 2.39. The number of benzene rings is 1. The average Bonchev–Trinajstić information content (AvgIpc) is 3.06. The number of H-pyrrole nitrogens is 1. The summed E-state index contributed by atoms with van der Waals surface area (Å²) < 4.78 is 0. The summed E-state index contributed by atoms with van der Waals surface area (Å²) in [7, 11) is 0. The number of imidazole rings is 1. The normalized spacial score (nSPS) is 15.4. The number of aryl methyl sites for hydroxylation is 1. The van der Waals surface area contributed by atoms with Crippen molar-refractivity contribution in [2.75, 3.05) is 0 Å². The number of fused-ring (bicyclic) bond motifs is 1. The van der Waals surface area contributed by atoms with E-state index in [-0.39, 0.29) is 5.76 Å². The molecule has 1 aliphatic carbocycles. The van der Waals surface area contributed by atoms with Gasteiger partial charge in [0.1, 0.15) is 5.82 Å². The summed E-state index contributed by atoms with van der Waals surface area (Å²) in [6.07, 6.45) is 3.33. The quantitative estimate of drug-likeness (QED) is 0.818. The fraction of sp³-hybridized carbons (Fsp3) is 0.357. The van der Waals surface area contributed by atoms with Crippen molar-refractivity contribution in [2.45, 2.75) is 32.1 Å². The van der Waals surface area contributed by atoms with Crippen LogP contribution >= 0.6 is 0 Å². The van der Waals surface area contributed by atoms with E-state index in [9.17, 15) is 5.11 Å². The Bertz CT molecular complexity index is 594. The largest absolute Gasteiger partial charge is 0.872 e. The third-order valence-corrected chi connectivity index (χ3v) is 3.39. The molecule has 1 aromatic carbocycles. The van der Waals surface area contributed by atoms with Gasteiger partial charge in [-0.05, 0) is 30.4 Å². The third-order valence-electron chi connectivity index (χ3n) is 3.39. The Hall–Kier alpha value is -1.77. The molecular formula is C14H15N2O-. The predicted molar refractivity (Wildman–Crippen MR) is 66.5 cm³/mol. The fourth-order valence-corrected chi connectivity index (χ4v) is 2.23. The average molecular weight is 227 g/mol. The van der Waals surface area contributed by atoms with Crippen LogP contribution in [0, 0.1) is 0 Å². The van der Waals surface area contributed by atoms with Gasteiger partial charge in [0.2, 0.25) is 0 Å². The van der Waals surface area contributed by atoms with Gasteiger partial charge in [-0.2, -0.15) is 0 Å². The molecule has 0 amide bonds. The van der Waals surface area contributed by atoms with Gasteiger partial charge in [0.25, 0.3) is 0 Å². The van der Waals surface area contributed by atoms with E-state index < -0.39 is 0 Å². The van der Waals surface area contributed by atoms with Crippen LogP contribution in [0.2, 0.25) is 0 Å². The number of nitrogens with one attached hydrogen (secondary N) is 1. The zero-order chi connectivity index (χ0) is 12.0. The first kappa shape index (κ1) is 10.4. The molecule has 1 N–H and O–H groups in total. The molecule has 0 aliphatic heterocycles. The lowest BCUT2D eigenvalue weighted by atomic mass is 10.1. The second kappa shape index (κ2) is 3.62. The first-order valence-electron chi connectivity index (χ1n) is 6.08. The SMILES string of the molecule is C=C([O-])c1ccc(CC)c2nc(C3CC3)[nH]c12. The van der Waals surface area contributed by atoms with Crippen molar-refractivity contribution >= 4 is 16.8 Å². The van der Waals surface area contributed by atoms with Gasteiger partial charge in [0.05, 0.1) is 11.0 Å². The second-order valence-electron chi connectivity index (χ2n) is 4.67. The van der Waals surface area contributed by atoms with Crippen LogP contribution in [0.15, 0.2) is 18.7 Å². The van der Waals surface area contributed by atoms with Gasteiger partial charge in [0.15, 0.2) is 0 Å². The Morgan fingerprint density at radius 2 is 2.29 bits per heavy atom. The smallest absolute Gasteiger partial charge is 0.110 e. The van der Waals surface area contributed by atoms with Gasteiger partial charge in [-0.3, -0.25) is 0 Å². The van der Waals surface area contributed by atoms with E-state index >= 15 is 0 Å². The highest BCUT2D eigenvalue weighted by atomic mass is 16.3. The molecule has 3 nitrogen and oxygen atoms in total. The molecule has 3 heteroatoms. The molecule has 1 saturated carbocycles. The van der Waals surface area contributed by atoms with Crippen LogP contribution in [0.25, 0.3) is 16.8 Å². The lowest BCUT2D eigenvalue weighted by Gasteiger charge is -2.11. The molecule has 0 unspecified atom stereocenters. The van der Waals surface area contributed by atoms with E-state index in [1.165, 1.54) is 18.4 Å². The van der Waals surface area contributed by atoms with Gasteiger partial charge < -0.3 is 10.1 Å². The summed E-state index contributed by atoms with van der Waals surface area (Å²) in [5.74, 6) is 1.45. The summed E-state index contributed by atoms with van der Waals surface area (Å²) in [5.41, 5.74) is 3.65. The summed E-state index contributed by atoms with van der Waals surface area (Å²) in [4.78, 5) is 7.96. The number of hydrogen-bond donors (Lipinski definition) is 1. The molecule has 0 saturated heterocycles. The van der Waals surface area contributed by atoms with E-state index in [2.05, 4.69) is 23.5 Å². The molecule has 88 valence electrons. The minimum Gasteiger partial charge on any atom is -0.872 e. The number of rotatable bonds is 3. The van der Waals surface area contributed by atoms with Crippen LogP contribution in [-0.2, 0) is 6.42 Å². The molecule has 0 atom stereocenters. The first-order chi connectivity index (χ1) is 8.20. The fourth-order valence-electron chi connectivity index (χ4n) is 2.23. The van der Waals surface area contributed by atoms with Crippen molar-refractivity contribution < 1.29 is 5.11 Å². The number of aromatic amines is 1. The molecule has 1 aliphatic rings. The Kier molecular flexibility index (Phi) is 2.21.